The molecule has 0 aliphatic carbocycles. The minimum absolute atomic E-state index is 0.526. The Balaban J connectivity index is 1.46. The summed E-state index contributed by atoms with van der Waals surface area (Å²) in [6.45, 7) is 0. The Labute approximate surface area is 165 Å². The monoisotopic (exact) mass is 385 g/mol. The maximum Gasteiger partial charge on any atom is 0.204 e. The molecule has 136 valence electrons. The summed E-state index contributed by atoms with van der Waals surface area (Å²) in [6, 6.07) is 25.4. The summed E-state index contributed by atoms with van der Waals surface area (Å²) in [5, 5.41) is 5.04. The maximum atomic E-state index is 6.10. The molecule has 0 saturated carbocycles. The number of nitrogens with zero attached hydrogens (tertiary/aromatic N) is 2. The number of thiazole rings is 1. The lowest BCUT2D eigenvalue weighted by Gasteiger charge is -2.21. The van der Waals surface area contributed by atoms with Crippen LogP contribution in [0, 0.1) is 0 Å². The van der Waals surface area contributed by atoms with Gasteiger partial charge in [-0.2, -0.15) is 5.10 Å². The van der Waals surface area contributed by atoms with Gasteiger partial charge in [0, 0.05) is 5.56 Å². The molecule has 1 aromatic heterocycles. The van der Waals surface area contributed by atoms with Gasteiger partial charge in [0.25, 0.3) is 0 Å². The molecule has 3 aromatic carbocycles. The molecule has 28 heavy (non-hydrogen) atoms. The van der Waals surface area contributed by atoms with Crippen molar-refractivity contribution < 1.29 is 9.47 Å². The Morgan fingerprint density at radius 1 is 0.821 bits per heavy atom. The van der Waals surface area contributed by atoms with E-state index in [0.29, 0.717) is 23.0 Å². The molecule has 0 bridgehead atoms. The lowest BCUT2D eigenvalue weighted by Crippen LogP contribution is -2.12. The van der Waals surface area contributed by atoms with E-state index < -0.39 is 0 Å². The van der Waals surface area contributed by atoms with Crippen LogP contribution in [0.25, 0.3) is 16.0 Å². The lowest BCUT2D eigenvalue weighted by molar-refractivity contribution is 0.367. The number of hydrogen-bond acceptors (Lipinski definition) is 6. The molecule has 5 nitrogen and oxygen atoms in total. The first-order chi connectivity index (χ1) is 13.9. The van der Waals surface area contributed by atoms with E-state index in [0.717, 1.165) is 20.9 Å². The van der Waals surface area contributed by atoms with Gasteiger partial charge in [-0.15, -0.1) is 0 Å². The smallest absolute Gasteiger partial charge is 0.204 e. The number of benzene rings is 3. The third kappa shape index (κ3) is 3.21. The highest BCUT2D eigenvalue weighted by atomic mass is 32.1. The van der Waals surface area contributed by atoms with E-state index in [9.17, 15) is 0 Å². The molecule has 0 saturated heterocycles. The zero-order chi connectivity index (χ0) is 18.8. The van der Waals surface area contributed by atoms with Gasteiger partial charge in [0.15, 0.2) is 23.0 Å². The van der Waals surface area contributed by atoms with Crippen molar-refractivity contribution in [2.45, 2.75) is 0 Å². The molecule has 0 fully saturated rings. The van der Waals surface area contributed by atoms with E-state index in [4.69, 9.17) is 9.47 Å². The fourth-order valence-corrected chi connectivity index (χ4v) is 3.70. The van der Waals surface area contributed by atoms with Gasteiger partial charge in [0.2, 0.25) is 5.13 Å². The third-order valence-corrected chi connectivity index (χ3v) is 5.12. The second-order valence-corrected chi connectivity index (χ2v) is 7.10. The van der Waals surface area contributed by atoms with Gasteiger partial charge >= 0.3 is 0 Å². The van der Waals surface area contributed by atoms with Crippen molar-refractivity contribution in [2.75, 3.05) is 5.43 Å². The van der Waals surface area contributed by atoms with Crippen molar-refractivity contribution in [3.8, 4) is 11.5 Å². The second kappa shape index (κ2) is 7.17. The van der Waals surface area contributed by atoms with Crippen molar-refractivity contribution >= 4 is 38.7 Å². The van der Waals surface area contributed by atoms with Crippen LogP contribution >= 0.6 is 11.3 Å². The number of aromatic nitrogens is 1. The number of hydrazone groups is 1. The van der Waals surface area contributed by atoms with Crippen LogP contribution in [-0.2, 0) is 0 Å². The van der Waals surface area contributed by atoms with Gasteiger partial charge < -0.3 is 9.47 Å². The zero-order valence-corrected chi connectivity index (χ0v) is 15.5. The molecule has 6 heteroatoms. The summed E-state index contributed by atoms with van der Waals surface area (Å²) < 4.78 is 13.3. The predicted octanol–water partition coefficient (Wildman–Crippen LogP) is 5.53. The van der Waals surface area contributed by atoms with Gasteiger partial charge in [-0.3, -0.25) is 5.43 Å². The molecule has 0 radical (unpaired) electrons. The number of nitrogens with one attached hydrogen (secondary N) is 1. The molecule has 1 aliphatic heterocycles. The third-order valence-electron chi connectivity index (χ3n) is 4.18. The highest BCUT2D eigenvalue weighted by Gasteiger charge is 2.21. The molecule has 4 aromatic rings. The summed E-state index contributed by atoms with van der Waals surface area (Å²) >= 11 is 1.55. The highest BCUT2D eigenvalue weighted by molar-refractivity contribution is 7.22. The van der Waals surface area contributed by atoms with Crippen molar-refractivity contribution in [2.24, 2.45) is 5.10 Å². The Bertz CT molecular complexity index is 1170. The van der Waals surface area contributed by atoms with Crippen LogP contribution in [0.4, 0.5) is 5.13 Å². The van der Waals surface area contributed by atoms with Crippen molar-refractivity contribution in [1.29, 1.82) is 0 Å². The maximum absolute atomic E-state index is 6.10. The number of rotatable bonds is 4. The van der Waals surface area contributed by atoms with Gasteiger partial charge in [-0.25, -0.2) is 4.98 Å². The van der Waals surface area contributed by atoms with Crippen LogP contribution in [-0.4, -0.2) is 11.2 Å². The number of para-hydroxylation sites is 3. The zero-order valence-electron chi connectivity index (χ0n) is 14.7. The molecule has 1 N–H and O–H groups in total. The van der Waals surface area contributed by atoms with E-state index in [1.54, 1.807) is 17.6 Å². The standard InChI is InChI=1S/C22H15N3O2S/c1-2-8-15(9-3-1)21-19(26-17-11-5-6-12-18(17)27-21)14-23-25-22-24-16-10-4-7-13-20(16)28-22/h1-14H,(H,24,25). The number of fused-ring (bicyclic) bond motifs is 2. The largest absolute Gasteiger partial charge is 0.449 e. The average Bonchev–Trinajstić information content (AvgIpc) is 3.17. The normalized spacial score (nSPS) is 13.3. The van der Waals surface area contributed by atoms with Crippen molar-refractivity contribution in [1.82, 2.24) is 4.98 Å². The first-order valence-electron chi connectivity index (χ1n) is 8.76. The van der Waals surface area contributed by atoms with Crippen molar-refractivity contribution in [3.63, 3.8) is 0 Å². The Morgan fingerprint density at radius 2 is 1.54 bits per heavy atom. The quantitative estimate of drug-likeness (QED) is 0.370. The van der Waals surface area contributed by atoms with Crippen LogP contribution in [0.3, 0.4) is 0 Å². The van der Waals surface area contributed by atoms with E-state index in [-0.39, 0.29) is 0 Å². The number of hydrogen-bond donors (Lipinski definition) is 1. The Morgan fingerprint density at radius 3 is 2.36 bits per heavy atom. The molecule has 5 rings (SSSR count). The minimum Gasteiger partial charge on any atom is -0.449 e. The fourth-order valence-electron chi connectivity index (χ4n) is 2.89. The van der Waals surface area contributed by atoms with Gasteiger partial charge in [0.05, 0.1) is 16.4 Å². The summed E-state index contributed by atoms with van der Waals surface area (Å²) in [5.41, 5.74) is 4.84. The van der Waals surface area contributed by atoms with Crippen LogP contribution in [0.5, 0.6) is 11.5 Å². The Hall–Kier alpha value is -3.64. The molecule has 0 unspecified atom stereocenters. The first kappa shape index (κ1) is 16.5. The highest BCUT2D eigenvalue weighted by Crippen LogP contribution is 2.37. The van der Waals surface area contributed by atoms with Gasteiger partial charge in [0.1, 0.15) is 0 Å². The predicted molar refractivity (Wildman–Crippen MR) is 113 cm³/mol. The molecular weight excluding hydrogens is 370 g/mol. The van der Waals surface area contributed by atoms with E-state index >= 15 is 0 Å². The number of allylic oxidation sites excluding steroid dienone is 1. The average molecular weight is 385 g/mol. The summed E-state index contributed by atoms with van der Waals surface area (Å²) in [6.07, 6.45) is 1.62. The Kier molecular flexibility index (Phi) is 4.23. The minimum atomic E-state index is 0.526. The van der Waals surface area contributed by atoms with Crippen molar-refractivity contribution in [3.05, 3.63) is 90.2 Å². The van der Waals surface area contributed by atoms with E-state index in [1.807, 2.05) is 78.9 Å². The van der Waals surface area contributed by atoms with Gasteiger partial charge in [-0.05, 0) is 24.3 Å². The fraction of sp³-hybridized carbons (Fsp3) is 0. The summed E-state index contributed by atoms with van der Waals surface area (Å²) in [7, 11) is 0. The van der Waals surface area contributed by atoms with E-state index in [2.05, 4.69) is 15.5 Å². The molecule has 0 amide bonds. The SMILES string of the molecule is C(=NNc1nc2ccccc2s1)C1=C(c2ccccc2)Oc2ccccc2O1. The summed E-state index contributed by atoms with van der Waals surface area (Å²) in [5.74, 6) is 2.48. The number of anilines is 1. The first-order valence-corrected chi connectivity index (χ1v) is 9.57. The molecule has 2 heterocycles. The lowest BCUT2D eigenvalue weighted by atomic mass is 10.1. The second-order valence-electron chi connectivity index (χ2n) is 6.07. The molecule has 0 atom stereocenters. The number of ether oxygens (including phenoxy) is 2. The molecule has 0 spiro atoms. The molecule has 1 aliphatic rings. The van der Waals surface area contributed by atoms with Crippen LogP contribution < -0.4 is 14.9 Å². The van der Waals surface area contributed by atoms with Crippen LogP contribution in [0.1, 0.15) is 5.56 Å². The van der Waals surface area contributed by atoms with Gasteiger partial charge in [-0.1, -0.05) is 65.9 Å². The topological polar surface area (TPSA) is 55.7 Å². The molecular formula is C22H15N3O2S. The van der Waals surface area contributed by atoms with Crippen LogP contribution in [0.15, 0.2) is 89.7 Å². The van der Waals surface area contributed by atoms with E-state index in [1.165, 1.54) is 0 Å². The van der Waals surface area contributed by atoms with Crippen LogP contribution in [0.2, 0.25) is 0 Å². The summed E-state index contributed by atoms with van der Waals surface area (Å²) in [4.78, 5) is 4.51.